The van der Waals surface area contributed by atoms with Crippen molar-refractivity contribution in [2.45, 2.75) is 45.1 Å². The number of hydrogen-bond acceptors (Lipinski definition) is 2. The van der Waals surface area contributed by atoms with Crippen molar-refractivity contribution in [1.82, 2.24) is 0 Å². The van der Waals surface area contributed by atoms with Crippen LogP contribution in [0.3, 0.4) is 0 Å². The average molecular weight is 309 g/mol. The third-order valence-corrected chi connectivity index (χ3v) is 5.10. The molecular formula is C17H25ClN2O. The van der Waals surface area contributed by atoms with E-state index in [1.54, 1.807) is 0 Å². The Kier molecular flexibility index (Phi) is 5.28. The molecule has 1 aromatic rings. The monoisotopic (exact) mass is 308 g/mol. The number of hydrogen-bond donors (Lipinski definition) is 2. The highest BCUT2D eigenvalue weighted by molar-refractivity contribution is 5.92. The first kappa shape index (κ1) is 16.3. The Hall–Kier alpha value is -1.06. The second kappa shape index (κ2) is 6.80. The van der Waals surface area contributed by atoms with Gasteiger partial charge in [-0.3, -0.25) is 4.79 Å². The smallest absolute Gasteiger partial charge is 0.227 e. The molecule has 3 nitrogen and oxygen atoms in total. The third-order valence-electron chi connectivity index (χ3n) is 5.10. The molecule has 0 heterocycles. The van der Waals surface area contributed by atoms with E-state index in [2.05, 4.69) is 12.2 Å². The molecule has 0 aliphatic heterocycles. The lowest BCUT2D eigenvalue weighted by Gasteiger charge is -2.43. The van der Waals surface area contributed by atoms with Crippen molar-refractivity contribution in [3.63, 3.8) is 0 Å². The Morgan fingerprint density at radius 3 is 2.29 bits per heavy atom. The summed E-state index contributed by atoms with van der Waals surface area (Å²) < 4.78 is 0. The van der Waals surface area contributed by atoms with Gasteiger partial charge < -0.3 is 11.1 Å². The van der Waals surface area contributed by atoms with Gasteiger partial charge in [0.2, 0.25) is 5.91 Å². The molecule has 21 heavy (non-hydrogen) atoms. The maximum Gasteiger partial charge on any atom is 0.227 e. The lowest BCUT2D eigenvalue weighted by Crippen LogP contribution is -2.48. The standard InChI is InChI=1S/C17H24N2O.ClH/c1-11-5-7-15(8-6-11)19-17(20)14-9-12-3-2-4-13(10-14)16(12)18;/h5-8,12-14,16H,2-4,9-10,18H2,1H3,(H,19,20);1H. The van der Waals surface area contributed by atoms with Crippen LogP contribution in [-0.2, 0) is 4.79 Å². The van der Waals surface area contributed by atoms with Crippen LogP contribution in [0.15, 0.2) is 24.3 Å². The molecule has 3 N–H and O–H groups in total. The Bertz CT molecular complexity index is 474. The van der Waals surface area contributed by atoms with Gasteiger partial charge in [-0.25, -0.2) is 0 Å². The molecule has 2 unspecified atom stereocenters. The summed E-state index contributed by atoms with van der Waals surface area (Å²) in [6.07, 6.45) is 5.62. The second-order valence-electron chi connectivity index (χ2n) is 6.55. The zero-order valence-corrected chi connectivity index (χ0v) is 13.4. The minimum atomic E-state index is 0. The van der Waals surface area contributed by atoms with Gasteiger partial charge in [0.1, 0.15) is 0 Å². The Labute approximate surface area is 133 Å². The van der Waals surface area contributed by atoms with E-state index in [9.17, 15) is 4.79 Å². The van der Waals surface area contributed by atoms with Crippen LogP contribution in [0.2, 0.25) is 0 Å². The van der Waals surface area contributed by atoms with E-state index in [1.807, 2.05) is 24.3 Å². The van der Waals surface area contributed by atoms with Gasteiger partial charge in [-0.1, -0.05) is 24.1 Å². The van der Waals surface area contributed by atoms with Crippen LogP contribution in [0.4, 0.5) is 5.69 Å². The molecule has 2 fully saturated rings. The number of rotatable bonds is 2. The number of fused-ring (bicyclic) bond motifs is 2. The maximum atomic E-state index is 12.4. The summed E-state index contributed by atoms with van der Waals surface area (Å²) in [6.45, 7) is 2.05. The normalized spacial score (nSPS) is 31.1. The highest BCUT2D eigenvalue weighted by Gasteiger charge is 2.40. The van der Waals surface area contributed by atoms with Crippen LogP contribution in [0, 0.1) is 24.7 Å². The van der Waals surface area contributed by atoms with Gasteiger partial charge in [0.25, 0.3) is 0 Å². The molecule has 1 aromatic carbocycles. The number of nitrogens with two attached hydrogens (primary N) is 1. The molecule has 2 bridgehead atoms. The van der Waals surface area contributed by atoms with Crippen molar-refractivity contribution in [2.24, 2.45) is 23.5 Å². The molecule has 1 amide bonds. The maximum absolute atomic E-state index is 12.4. The molecule has 0 aromatic heterocycles. The highest BCUT2D eigenvalue weighted by Crippen LogP contribution is 2.42. The highest BCUT2D eigenvalue weighted by atomic mass is 35.5. The zero-order chi connectivity index (χ0) is 14.1. The van der Waals surface area contributed by atoms with Gasteiger partial charge in [-0.15, -0.1) is 12.4 Å². The molecule has 2 aliphatic carbocycles. The summed E-state index contributed by atoms with van der Waals surface area (Å²) in [6, 6.07) is 8.33. The first-order valence-corrected chi connectivity index (χ1v) is 7.76. The number of carbonyl (C=O) groups is 1. The van der Waals surface area contributed by atoms with Crippen LogP contribution in [0.25, 0.3) is 0 Å². The molecule has 0 spiro atoms. The van der Waals surface area contributed by atoms with E-state index < -0.39 is 0 Å². The van der Waals surface area contributed by atoms with E-state index >= 15 is 0 Å². The SMILES string of the molecule is Cc1ccc(NC(=O)C2CC3CCCC(C2)C3N)cc1.Cl. The van der Waals surface area contributed by atoms with Crippen molar-refractivity contribution in [1.29, 1.82) is 0 Å². The van der Waals surface area contributed by atoms with E-state index in [0.29, 0.717) is 17.9 Å². The number of aryl methyl sites for hydroxylation is 1. The van der Waals surface area contributed by atoms with Crippen LogP contribution in [0.5, 0.6) is 0 Å². The van der Waals surface area contributed by atoms with Gasteiger partial charge >= 0.3 is 0 Å². The van der Waals surface area contributed by atoms with E-state index in [-0.39, 0.29) is 24.2 Å². The van der Waals surface area contributed by atoms with Crippen molar-refractivity contribution < 1.29 is 4.79 Å². The molecular weight excluding hydrogens is 284 g/mol. The number of halogens is 1. The summed E-state index contributed by atoms with van der Waals surface area (Å²) in [5.74, 6) is 1.43. The van der Waals surface area contributed by atoms with Crippen molar-refractivity contribution >= 4 is 24.0 Å². The predicted molar refractivity (Wildman–Crippen MR) is 88.6 cm³/mol. The topological polar surface area (TPSA) is 55.1 Å². The Balaban J connectivity index is 0.00000161. The molecule has 2 atom stereocenters. The van der Waals surface area contributed by atoms with Crippen molar-refractivity contribution in [2.75, 3.05) is 5.32 Å². The summed E-state index contributed by atoms with van der Waals surface area (Å²) in [4.78, 5) is 12.4. The number of amides is 1. The second-order valence-corrected chi connectivity index (χ2v) is 6.55. The van der Waals surface area contributed by atoms with Gasteiger partial charge in [-0.05, 0) is 56.6 Å². The van der Waals surface area contributed by atoms with E-state index in [0.717, 1.165) is 18.5 Å². The lowest BCUT2D eigenvalue weighted by molar-refractivity contribution is -0.122. The minimum absolute atomic E-state index is 0. The minimum Gasteiger partial charge on any atom is -0.327 e. The van der Waals surface area contributed by atoms with Gasteiger partial charge in [0, 0.05) is 17.6 Å². The zero-order valence-electron chi connectivity index (χ0n) is 12.5. The van der Waals surface area contributed by atoms with Crippen LogP contribution < -0.4 is 11.1 Å². The van der Waals surface area contributed by atoms with Crippen LogP contribution in [-0.4, -0.2) is 11.9 Å². The molecule has 116 valence electrons. The molecule has 2 aliphatic rings. The van der Waals surface area contributed by atoms with E-state index in [1.165, 1.54) is 24.8 Å². The van der Waals surface area contributed by atoms with Gasteiger partial charge in [-0.2, -0.15) is 0 Å². The molecule has 3 rings (SSSR count). The largest absolute Gasteiger partial charge is 0.327 e. The summed E-state index contributed by atoms with van der Waals surface area (Å²) in [5, 5.41) is 3.06. The summed E-state index contributed by atoms with van der Waals surface area (Å²) in [7, 11) is 0. The first-order chi connectivity index (χ1) is 9.63. The summed E-state index contributed by atoms with van der Waals surface area (Å²) in [5.41, 5.74) is 8.40. The molecule has 0 saturated heterocycles. The predicted octanol–water partition coefficient (Wildman–Crippen LogP) is 3.51. The molecule has 2 saturated carbocycles. The average Bonchev–Trinajstić information content (AvgIpc) is 2.41. The first-order valence-electron chi connectivity index (χ1n) is 7.76. The Morgan fingerprint density at radius 1 is 1.14 bits per heavy atom. The quantitative estimate of drug-likeness (QED) is 0.878. The molecule has 4 heteroatoms. The fourth-order valence-corrected chi connectivity index (χ4v) is 3.88. The third kappa shape index (κ3) is 3.58. The van der Waals surface area contributed by atoms with Gasteiger partial charge in [0.15, 0.2) is 0 Å². The van der Waals surface area contributed by atoms with E-state index in [4.69, 9.17) is 5.73 Å². The summed E-state index contributed by atoms with van der Waals surface area (Å²) >= 11 is 0. The van der Waals surface area contributed by atoms with Crippen LogP contribution in [0.1, 0.15) is 37.7 Å². The van der Waals surface area contributed by atoms with Crippen molar-refractivity contribution in [3.05, 3.63) is 29.8 Å². The van der Waals surface area contributed by atoms with Crippen LogP contribution >= 0.6 is 12.4 Å². The van der Waals surface area contributed by atoms with Crippen molar-refractivity contribution in [3.8, 4) is 0 Å². The number of benzene rings is 1. The van der Waals surface area contributed by atoms with Gasteiger partial charge in [0.05, 0.1) is 0 Å². The number of anilines is 1. The number of carbonyl (C=O) groups excluding carboxylic acids is 1. The fraction of sp³-hybridized carbons (Fsp3) is 0.588. The number of nitrogens with one attached hydrogen (secondary N) is 1. The Morgan fingerprint density at radius 2 is 1.71 bits per heavy atom. The lowest BCUT2D eigenvalue weighted by atomic mass is 9.65. The molecule has 0 radical (unpaired) electrons. The fourth-order valence-electron chi connectivity index (χ4n) is 3.88.